The lowest BCUT2D eigenvalue weighted by Crippen LogP contribution is -2.47. The highest BCUT2D eigenvalue weighted by molar-refractivity contribution is 9.11. The number of hydrogen-bond donors (Lipinski definition) is 2. The van der Waals surface area contributed by atoms with E-state index in [0.717, 1.165) is 27.9 Å². The fourth-order valence-electron chi connectivity index (χ4n) is 1.68. The third kappa shape index (κ3) is 4.82. The van der Waals surface area contributed by atoms with Crippen molar-refractivity contribution in [3.8, 4) is 0 Å². The second-order valence-electron chi connectivity index (χ2n) is 4.72. The SMILES string of the molecule is CC(=NOCC(=O)NNC(=O)C1CCC1)c1ccc(Br)s1. The van der Waals surface area contributed by atoms with E-state index >= 15 is 0 Å². The molecule has 2 amide bonds. The molecule has 0 spiro atoms. The minimum atomic E-state index is -0.438. The zero-order valence-corrected chi connectivity index (χ0v) is 13.9. The number of carbonyl (C=O) groups excluding carboxylic acids is 2. The van der Waals surface area contributed by atoms with Crippen LogP contribution in [0.15, 0.2) is 21.1 Å². The molecule has 21 heavy (non-hydrogen) atoms. The van der Waals surface area contributed by atoms with E-state index < -0.39 is 5.91 Å². The summed E-state index contributed by atoms with van der Waals surface area (Å²) in [6.07, 6.45) is 2.85. The van der Waals surface area contributed by atoms with Crippen LogP contribution in [0.1, 0.15) is 31.1 Å². The molecule has 1 fully saturated rings. The standard InChI is InChI=1S/C13H16BrN3O3S/c1-8(10-5-6-11(14)21-10)17-20-7-12(18)15-16-13(19)9-3-2-4-9/h5-6,9H,2-4,7H2,1H3,(H,15,18)(H,16,19). The van der Waals surface area contributed by atoms with Gasteiger partial charge >= 0.3 is 0 Å². The van der Waals surface area contributed by atoms with Gasteiger partial charge < -0.3 is 4.84 Å². The van der Waals surface area contributed by atoms with Crippen LogP contribution < -0.4 is 10.9 Å². The number of amides is 2. The largest absolute Gasteiger partial charge is 0.385 e. The predicted octanol–water partition coefficient (Wildman–Crippen LogP) is 2.20. The van der Waals surface area contributed by atoms with E-state index in [1.165, 1.54) is 11.3 Å². The predicted molar refractivity (Wildman–Crippen MR) is 83.8 cm³/mol. The number of rotatable bonds is 5. The Hall–Kier alpha value is -1.41. The molecule has 1 aromatic rings. The minimum Gasteiger partial charge on any atom is -0.385 e. The fourth-order valence-corrected chi connectivity index (χ4v) is 3.00. The summed E-state index contributed by atoms with van der Waals surface area (Å²) in [7, 11) is 0. The average molecular weight is 374 g/mol. The molecule has 1 aromatic heterocycles. The van der Waals surface area contributed by atoms with Gasteiger partial charge in [-0.2, -0.15) is 0 Å². The number of halogens is 1. The summed E-state index contributed by atoms with van der Waals surface area (Å²) in [5.41, 5.74) is 5.39. The topological polar surface area (TPSA) is 79.8 Å². The number of hydrogen-bond acceptors (Lipinski definition) is 5. The minimum absolute atomic E-state index is 0.0313. The molecule has 1 saturated carbocycles. The molecular formula is C13H16BrN3O3S. The monoisotopic (exact) mass is 373 g/mol. The first kappa shape index (κ1) is 16.0. The van der Waals surface area contributed by atoms with Crippen LogP contribution in [0.3, 0.4) is 0 Å². The molecule has 0 unspecified atom stereocenters. The van der Waals surface area contributed by atoms with Gasteiger partial charge in [-0.05, 0) is 47.8 Å². The number of thiophene rings is 1. The smallest absolute Gasteiger partial charge is 0.279 e. The van der Waals surface area contributed by atoms with Crippen LogP contribution in [0.2, 0.25) is 0 Å². The molecule has 0 radical (unpaired) electrons. The van der Waals surface area contributed by atoms with E-state index in [2.05, 4.69) is 31.9 Å². The molecule has 6 nitrogen and oxygen atoms in total. The highest BCUT2D eigenvalue weighted by Crippen LogP contribution is 2.25. The van der Waals surface area contributed by atoms with Crippen LogP contribution in [-0.4, -0.2) is 24.1 Å². The molecule has 8 heteroatoms. The summed E-state index contributed by atoms with van der Waals surface area (Å²) in [5.74, 6) is -0.548. The van der Waals surface area contributed by atoms with Gasteiger partial charge in [-0.15, -0.1) is 11.3 Å². The van der Waals surface area contributed by atoms with E-state index in [4.69, 9.17) is 4.84 Å². The van der Waals surface area contributed by atoms with Gasteiger partial charge in [0.1, 0.15) is 0 Å². The number of hydrazine groups is 1. The molecule has 114 valence electrons. The molecule has 1 aliphatic carbocycles. The van der Waals surface area contributed by atoms with Gasteiger partial charge in [0.05, 0.1) is 14.4 Å². The van der Waals surface area contributed by atoms with Crippen LogP contribution in [0, 0.1) is 5.92 Å². The van der Waals surface area contributed by atoms with Crippen LogP contribution in [0.4, 0.5) is 0 Å². The van der Waals surface area contributed by atoms with E-state index in [9.17, 15) is 9.59 Å². The molecule has 0 bridgehead atoms. The normalized spacial score (nSPS) is 15.2. The zero-order valence-electron chi connectivity index (χ0n) is 11.5. The summed E-state index contributed by atoms with van der Waals surface area (Å²) >= 11 is 4.90. The van der Waals surface area contributed by atoms with Crippen molar-refractivity contribution in [2.24, 2.45) is 11.1 Å². The third-order valence-corrected chi connectivity index (χ3v) is 4.86. The Morgan fingerprint density at radius 2 is 2.19 bits per heavy atom. The van der Waals surface area contributed by atoms with Crippen molar-refractivity contribution in [3.63, 3.8) is 0 Å². The Kier molecular flexibility index (Phi) is 5.75. The maximum Gasteiger partial charge on any atom is 0.279 e. The van der Waals surface area contributed by atoms with Crippen molar-refractivity contribution >= 4 is 44.8 Å². The van der Waals surface area contributed by atoms with Crippen LogP contribution >= 0.6 is 27.3 Å². The average Bonchev–Trinajstić information content (AvgIpc) is 2.81. The number of oxime groups is 1. The summed E-state index contributed by atoms with van der Waals surface area (Å²) < 4.78 is 1.00. The molecular weight excluding hydrogens is 358 g/mol. The fraction of sp³-hybridized carbons (Fsp3) is 0.462. The Balaban J connectivity index is 1.67. The lowest BCUT2D eigenvalue weighted by atomic mass is 9.85. The van der Waals surface area contributed by atoms with Crippen LogP contribution in [0.25, 0.3) is 0 Å². The Bertz CT molecular complexity index is 555. The molecule has 2 N–H and O–H groups in total. The summed E-state index contributed by atoms with van der Waals surface area (Å²) in [5, 5.41) is 3.87. The van der Waals surface area contributed by atoms with E-state index in [0.29, 0.717) is 5.71 Å². The Labute approximate surface area is 135 Å². The molecule has 0 saturated heterocycles. The van der Waals surface area contributed by atoms with Gasteiger partial charge in [-0.1, -0.05) is 11.6 Å². The first-order valence-electron chi connectivity index (χ1n) is 6.57. The lowest BCUT2D eigenvalue weighted by molar-refractivity contribution is -0.134. The zero-order chi connectivity index (χ0) is 15.2. The van der Waals surface area contributed by atoms with Crippen molar-refractivity contribution in [1.29, 1.82) is 0 Å². The van der Waals surface area contributed by atoms with Crippen molar-refractivity contribution in [2.75, 3.05) is 6.61 Å². The first-order chi connectivity index (χ1) is 10.1. The van der Waals surface area contributed by atoms with Crippen molar-refractivity contribution in [3.05, 3.63) is 20.8 Å². The number of carbonyl (C=O) groups is 2. The summed E-state index contributed by atoms with van der Waals surface area (Å²) in [4.78, 5) is 28.9. The van der Waals surface area contributed by atoms with Gasteiger partial charge in [-0.3, -0.25) is 20.4 Å². The molecule has 2 rings (SSSR count). The number of nitrogens with zero attached hydrogens (tertiary/aromatic N) is 1. The Morgan fingerprint density at radius 3 is 2.76 bits per heavy atom. The highest BCUT2D eigenvalue weighted by atomic mass is 79.9. The number of nitrogens with one attached hydrogen (secondary N) is 2. The van der Waals surface area contributed by atoms with Crippen LogP contribution in [-0.2, 0) is 14.4 Å². The first-order valence-corrected chi connectivity index (χ1v) is 8.18. The van der Waals surface area contributed by atoms with Crippen molar-refractivity contribution in [2.45, 2.75) is 26.2 Å². The third-order valence-electron chi connectivity index (χ3n) is 3.13. The van der Waals surface area contributed by atoms with E-state index in [1.807, 2.05) is 12.1 Å². The lowest BCUT2D eigenvalue weighted by Gasteiger charge is -2.23. The van der Waals surface area contributed by atoms with Gasteiger partial charge in [0.25, 0.3) is 5.91 Å². The molecule has 1 aliphatic rings. The summed E-state index contributed by atoms with van der Waals surface area (Å²) in [6.45, 7) is 1.56. The summed E-state index contributed by atoms with van der Waals surface area (Å²) in [6, 6.07) is 3.83. The van der Waals surface area contributed by atoms with E-state index in [1.54, 1.807) is 6.92 Å². The molecule has 0 aliphatic heterocycles. The van der Waals surface area contributed by atoms with Crippen molar-refractivity contribution in [1.82, 2.24) is 10.9 Å². The quantitative estimate of drug-likeness (QED) is 0.613. The second-order valence-corrected chi connectivity index (χ2v) is 7.18. The molecule has 1 heterocycles. The van der Waals surface area contributed by atoms with Gasteiger partial charge in [0, 0.05) is 5.92 Å². The van der Waals surface area contributed by atoms with Gasteiger partial charge in [0.2, 0.25) is 5.91 Å². The van der Waals surface area contributed by atoms with Crippen LogP contribution in [0.5, 0.6) is 0 Å². The Morgan fingerprint density at radius 1 is 1.43 bits per heavy atom. The van der Waals surface area contributed by atoms with E-state index in [-0.39, 0.29) is 18.4 Å². The maximum atomic E-state index is 11.5. The van der Waals surface area contributed by atoms with Crippen molar-refractivity contribution < 1.29 is 14.4 Å². The van der Waals surface area contributed by atoms with Gasteiger partial charge in [0.15, 0.2) is 6.61 Å². The second kappa shape index (κ2) is 7.56. The van der Waals surface area contributed by atoms with Gasteiger partial charge in [-0.25, -0.2) is 0 Å². The molecule has 0 aromatic carbocycles. The highest BCUT2D eigenvalue weighted by Gasteiger charge is 2.25. The molecule has 0 atom stereocenters. The maximum absolute atomic E-state index is 11.5.